The van der Waals surface area contributed by atoms with Crippen LogP contribution < -0.4 is 16.4 Å². The lowest BCUT2D eigenvalue weighted by Gasteiger charge is -2.20. The van der Waals surface area contributed by atoms with Crippen molar-refractivity contribution in [1.29, 1.82) is 0 Å². The van der Waals surface area contributed by atoms with E-state index >= 15 is 0 Å². The number of carboxylic acid groups (broad SMARTS) is 1. The van der Waals surface area contributed by atoms with Crippen LogP contribution >= 0.6 is 12.6 Å². The summed E-state index contributed by atoms with van der Waals surface area (Å²) in [7, 11) is 0. The second kappa shape index (κ2) is 10.2. The van der Waals surface area contributed by atoms with Crippen molar-refractivity contribution in [3.8, 4) is 11.1 Å². The number of fused-ring (bicyclic) bond motifs is 3. The van der Waals surface area contributed by atoms with Gasteiger partial charge in [0.25, 0.3) is 0 Å². The highest BCUT2D eigenvalue weighted by molar-refractivity contribution is 7.80. The fourth-order valence-electron chi connectivity index (χ4n) is 3.65. The zero-order chi connectivity index (χ0) is 23.3. The number of carbonyl (C=O) groups excluding carboxylic acids is 3. The quantitative estimate of drug-likeness (QED) is 0.358. The first-order valence-electron chi connectivity index (χ1n) is 9.85. The summed E-state index contributed by atoms with van der Waals surface area (Å²) in [6.07, 6.45) is -1.42. The molecule has 168 valence electrons. The van der Waals surface area contributed by atoms with Crippen LogP contribution in [-0.2, 0) is 19.1 Å². The van der Waals surface area contributed by atoms with Gasteiger partial charge in [0.15, 0.2) is 0 Å². The molecule has 32 heavy (non-hydrogen) atoms. The zero-order valence-electron chi connectivity index (χ0n) is 17.0. The van der Waals surface area contributed by atoms with Gasteiger partial charge in [-0.15, -0.1) is 0 Å². The van der Waals surface area contributed by atoms with E-state index < -0.39 is 42.4 Å². The van der Waals surface area contributed by atoms with E-state index in [2.05, 4.69) is 23.3 Å². The maximum atomic E-state index is 12.4. The average molecular weight is 458 g/mol. The van der Waals surface area contributed by atoms with Crippen LogP contribution in [0.2, 0.25) is 0 Å². The Kier molecular flexibility index (Phi) is 7.37. The summed E-state index contributed by atoms with van der Waals surface area (Å²) in [5.74, 6) is -3.38. The number of nitrogens with two attached hydrogens (primary N) is 1. The highest BCUT2D eigenvalue weighted by Crippen LogP contribution is 2.44. The fourth-order valence-corrected chi connectivity index (χ4v) is 3.91. The summed E-state index contributed by atoms with van der Waals surface area (Å²) in [4.78, 5) is 46.9. The third-order valence-electron chi connectivity index (χ3n) is 5.15. The van der Waals surface area contributed by atoms with E-state index in [0.717, 1.165) is 22.3 Å². The fraction of sp³-hybridized carbons (Fsp3) is 0.273. The van der Waals surface area contributed by atoms with Gasteiger partial charge in [-0.3, -0.25) is 9.59 Å². The molecule has 10 heteroatoms. The van der Waals surface area contributed by atoms with Crippen molar-refractivity contribution in [2.24, 2.45) is 5.73 Å². The number of aliphatic carboxylic acids is 1. The number of benzene rings is 2. The average Bonchev–Trinajstić information content (AvgIpc) is 3.09. The lowest BCUT2D eigenvalue weighted by atomic mass is 9.98. The largest absolute Gasteiger partial charge is 0.480 e. The molecule has 0 bridgehead atoms. The van der Waals surface area contributed by atoms with Crippen LogP contribution in [0, 0.1) is 0 Å². The Balaban J connectivity index is 1.62. The maximum Gasteiger partial charge on any atom is 0.407 e. The number of hydrogen-bond acceptors (Lipinski definition) is 6. The molecule has 3 amide bonds. The third kappa shape index (κ3) is 5.20. The van der Waals surface area contributed by atoms with E-state index in [1.54, 1.807) is 0 Å². The molecule has 0 saturated carbocycles. The number of carbonyl (C=O) groups is 4. The number of ether oxygens (including phenoxy) is 1. The highest BCUT2D eigenvalue weighted by atomic mass is 32.1. The molecule has 0 fully saturated rings. The second-order valence-electron chi connectivity index (χ2n) is 7.27. The van der Waals surface area contributed by atoms with E-state index in [1.165, 1.54) is 0 Å². The van der Waals surface area contributed by atoms with Crippen LogP contribution in [0.15, 0.2) is 48.5 Å². The Bertz CT molecular complexity index is 998. The first-order valence-corrected chi connectivity index (χ1v) is 10.5. The van der Waals surface area contributed by atoms with Gasteiger partial charge in [-0.1, -0.05) is 48.5 Å². The van der Waals surface area contributed by atoms with Crippen molar-refractivity contribution >= 4 is 36.5 Å². The smallest absolute Gasteiger partial charge is 0.407 e. The van der Waals surface area contributed by atoms with E-state index in [-0.39, 0.29) is 18.3 Å². The van der Waals surface area contributed by atoms with Crippen LogP contribution in [0.25, 0.3) is 11.1 Å². The standard InChI is InChI=1S/C22H23N3O6S/c23-19(26)9-17(21(28)29)24-20(27)18(11-32)25-22(30)31-10-16-14-7-3-1-5-12(14)13-6-2-4-8-15(13)16/h1-8,16-18,32H,9-11H2,(H2,23,26)(H,24,27)(H,25,30)(H,28,29)/t17-,18-/m0/s1. The molecule has 5 N–H and O–H groups in total. The van der Waals surface area contributed by atoms with Crippen LogP contribution in [-0.4, -0.2) is 53.4 Å². The van der Waals surface area contributed by atoms with E-state index in [0.29, 0.717) is 0 Å². The summed E-state index contributed by atoms with van der Waals surface area (Å²) in [6, 6.07) is 13.1. The molecule has 2 atom stereocenters. The van der Waals surface area contributed by atoms with Gasteiger partial charge in [-0.25, -0.2) is 9.59 Å². The molecule has 0 heterocycles. The molecule has 2 aromatic carbocycles. The monoisotopic (exact) mass is 457 g/mol. The lowest BCUT2D eigenvalue weighted by Crippen LogP contribution is -2.53. The van der Waals surface area contributed by atoms with Gasteiger partial charge in [-0.2, -0.15) is 12.6 Å². The molecule has 2 aromatic rings. The summed E-state index contributed by atoms with van der Waals surface area (Å²) in [5.41, 5.74) is 9.25. The summed E-state index contributed by atoms with van der Waals surface area (Å²) in [6.45, 7) is 0.0558. The molecular formula is C22H23N3O6S. The van der Waals surface area contributed by atoms with Crippen LogP contribution in [0.3, 0.4) is 0 Å². The van der Waals surface area contributed by atoms with Gasteiger partial charge in [-0.05, 0) is 22.3 Å². The Labute approximate surface area is 189 Å². The molecule has 1 aliphatic rings. The molecule has 0 aliphatic heterocycles. The van der Waals surface area contributed by atoms with Crippen molar-refractivity contribution in [2.45, 2.75) is 24.4 Å². The molecule has 0 spiro atoms. The minimum Gasteiger partial charge on any atom is -0.480 e. The van der Waals surface area contributed by atoms with E-state index in [1.807, 2.05) is 48.5 Å². The molecule has 3 rings (SSSR count). The first-order chi connectivity index (χ1) is 15.3. The van der Waals surface area contributed by atoms with Crippen molar-refractivity contribution in [3.63, 3.8) is 0 Å². The van der Waals surface area contributed by atoms with Crippen molar-refractivity contribution < 1.29 is 29.0 Å². The van der Waals surface area contributed by atoms with Crippen molar-refractivity contribution in [1.82, 2.24) is 10.6 Å². The number of primary amides is 1. The Morgan fingerprint density at radius 3 is 2.03 bits per heavy atom. The van der Waals surface area contributed by atoms with E-state index in [4.69, 9.17) is 15.6 Å². The molecule has 0 unspecified atom stereocenters. The number of rotatable bonds is 9. The number of amides is 3. The van der Waals surface area contributed by atoms with Gasteiger partial charge in [0, 0.05) is 11.7 Å². The highest BCUT2D eigenvalue weighted by Gasteiger charge is 2.30. The van der Waals surface area contributed by atoms with Crippen LogP contribution in [0.4, 0.5) is 4.79 Å². The summed E-state index contributed by atoms with van der Waals surface area (Å²) >= 11 is 4.03. The predicted octanol–water partition coefficient (Wildman–Crippen LogP) is 1.27. The van der Waals surface area contributed by atoms with Gasteiger partial charge in [0.05, 0.1) is 6.42 Å². The van der Waals surface area contributed by atoms with Crippen LogP contribution in [0.1, 0.15) is 23.5 Å². The number of hydrogen-bond donors (Lipinski definition) is 5. The number of thiol groups is 1. The number of nitrogens with one attached hydrogen (secondary N) is 2. The number of alkyl carbamates (subject to hydrolysis) is 1. The van der Waals surface area contributed by atoms with E-state index in [9.17, 15) is 19.2 Å². The Morgan fingerprint density at radius 1 is 0.969 bits per heavy atom. The first kappa shape index (κ1) is 23.1. The molecule has 0 aromatic heterocycles. The predicted molar refractivity (Wildman–Crippen MR) is 119 cm³/mol. The minimum atomic E-state index is -1.51. The van der Waals surface area contributed by atoms with Crippen LogP contribution in [0.5, 0.6) is 0 Å². The normalized spacial score (nSPS) is 13.9. The van der Waals surface area contributed by atoms with Crippen molar-refractivity contribution in [2.75, 3.05) is 12.4 Å². The van der Waals surface area contributed by atoms with Crippen molar-refractivity contribution in [3.05, 3.63) is 59.7 Å². The van der Waals surface area contributed by atoms with Gasteiger partial charge in [0.2, 0.25) is 11.8 Å². The van der Waals surface area contributed by atoms with Gasteiger partial charge in [0.1, 0.15) is 18.7 Å². The summed E-state index contributed by atoms with van der Waals surface area (Å²) < 4.78 is 5.38. The Morgan fingerprint density at radius 2 is 1.53 bits per heavy atom. The zero-order valence-corrected chi connectivity index (χ0v) is 17.9. The lowest BCUT2D eigenvalue weighted by molar-refractivity contribution is -0.143. The van der Waals surface area contributed by atoms with Gasteiger partial charge >= 0.3 is 12.1 Å². The summed E-state index contributed by atoms with van der Waals surface area (Å²) in [5, 5.41) is 13.7. The Hall–Kier alpha value is -3.53. The SMILES string of the molecule is NC(=O)C[C@H](NC(=O)[C@H](CS)NC(=O)OCC1c2ccccc2-c2ccccc21)C(=O)O. The molecular weight excluding hydrogens is 434 g/mol. The van der Waals surface area contributed by atoms with Gasteiger partial charge < -0.3 is 26.2 Å². The third-order valence-corrected chi connectivity index (χ3v) is 5.52. The molecule has 1 aliphatic carbocycles. The maximum absolute atomic E-state index is 12.4. The topological polar surface area (TPSA) is 148 Å². The second-order valence-corrected chi connectivity index (χ2v) is 7.64. The molecule has 9 nitrogen and oxygen atoms in total. The molecule has 0 saturated heterocycles. The molecule has 0 radical (unpaired) electrons. The number of carboxylic acids is 1. The minimum absolute atomic E-state index is 0.0558.